The first-order chi connectivity index (χ1) is 15.4. The SMILES string of the molecule is N#C/C(=C\c1ccc(OCc2cccc(F)c2)c(Br)c1)C(=O)Nc1cccc([N+](=O)[O-])c1. The molecular formula is C23H15BrFN3O4. The summed E-state index contributed by atoms with van der Waals surface area (Å²) in [4.78, 5) is 22.7. The zero-order valence-electron chi connectivity index (χ0n) is 16.4. The number of carbonyl (C=O) groups is 1. The number of amides is 1. The minimum absolute atomic E-state index is 0.167. The normalized spacial score (nSPS) is 10.8. The molecule has 0 unspecified atom stereocenters. The summed E-state index contributed by atoms with van der Waals surface area (Å²) in [7, 11) is 0. The molecule has 1 N–H and O–H groups in total. The van der Waals surface area contributed by atoms with E-state index in [2.05, 4.69) is 21.2 Å². The van der Waals surface area contributed by atoms with E-state index in [1.807, 2.05) is 6.07 Å². The highest BCUT2D eigenvalue weighted by molar-refractivity contribution is 9.10. The van der Waals surface area contributed by atoms with Gasteiger partial charge in [0.25, 0.3) is 11.6 Å². The van der Waals surface area contributed by atoms with Crippen LogP contribution in [0.1, 0.15) is 11.1 Å². The monoisotopic (exact) mass is 495 g/mol. The van der Waals surface area contributed by atoms with Gasteiger partial charge in [0.1, 0.15) is 29.8 Å². The van der Waals surface area contributed by atoms with Gasteiger partial charge in [0.2, 0.25) is 0 Å². The number of benzene rings is 3. The Kier molecular flexibility index (Phi) is 7.31. The van der Waals surface area contributed by atoms with Crippen LogP contribution in [0.15, 0.2) is 76.8 Å². The molecule has 0 heterocycles. The van der Waals surface area contributed by atoms with E-state index in [9.17, 15) is 24.6 Å². The lowest BCUT2D eigenvalue weighted by Crippen LogP contribution is -2.13. The molecule has 0 aliphatic rings. The van der Waals surface area contributed by atoms with Crippen molar-refractivity contribution >= 4 is 39.3 Å². The smallest absolute Gasteiger partial charge is 0.271 e. The summed E-state index contributed by atoms with van der Waals surface area (Å²) in [6.07, 6.45) is 1.38. The van der Waals surface area contributed by atoms with Crippen LogP contribution in [0.25, 0.3) is 6.08 Å². The number of rotatable bonds is 7. The Morgan fingerprint density at radius 1 is 1.19 bits per heavy atom. The minimum atomic E-state index is -0.699. The van der Waals surface area contributed by atoms with E-state index in [1.165, 1.54) is 42.5 Å². The lowest BCUT2D eigenvalue weighted by molar-refractivity contribution is -0.384. The van der Waals surface area contributed by atoms with Crippen molar-refractivity contribution in [3.05, 3.63) is 104 Å². The van der Waals surface area contributed by atoms with Crippen LogP contribution in [-0.2, 0) is 11.4 Å². The van der Waals surface area contributed by atoms with Crippen molar-refractivity contribution in [2.24, 2.45) is 0 Å². The fourth-order valence-corrected chi connectivity index (χ4v) is 3.23. The van der Waals surface area contributed by atoms with Crippen molar-refractivity contribution in [3.63, 3.8) is 0 Å². The Balaban J connectivity index is 1.72. The topological polar surface area (TPSA) is 105 Å². The van der Waals surface area contributed by atoms with Crippen LogP contribution in [0, 0.1) is 27.3 Å². The van der Waals surface area contributed by atoms with Crippen molar-refractivity contribution in [3.8, 4) is 11.8 Å². The summed E-state index contributed by atoms with van der Waals surface area (Å²) in [5.74, 6) is -0.542. The summed E-state index contributed by atoms with van der Waals surface area (Å²) in [5.41, 5.74) is 1.07. The van der Waals surface area contributed by atoms with Crippen LogP contribution in [-0.4, -0.2) is 10.8 Å². The summed E-state index contributed by atoms with van der Waals surface area (Å²) in [6.45, 7) is 0.167. The first-order valence-electron chi connectivity index (χ1n) is 9.20. The average Bonchev–Trinajstić information content (AvgIpc) is 2.77. The fourth-order valence-electron chi connectivity index (χ4n) is 2.72. The van der Waals surface area contributed by atoms with Crippen molar-refractivity contribution in [1.82, 2.24) is 0 Å². The van der Waals surface area contributed by atoms with Crippen molar-refractivity contribution < 1.29 is 18.8 Å². The van der Waals surface area contributed by atoms with E-state index < -0.39 is 10.8 Å². The van der Waals surface area contributed by atoms with Crippen molar-refractivity contribution in [1.29, 1.82) is 5.26 Å². The van der Waals surface area contributed by atoms with Gasteiger partial charge in [-0.2, -0.15) is 5.26 Å². The molecule has 9 heteroatoms. The molecule has 32 heavy (non-hydrogen) atoms. The molecule has 0 saturated carbocycles. The van der Waals surface area contributed by atoms with Gasteiger partial charge in [-0.25, -0.2) is 4.39 Å². The van der Waals surface area contributed by atoms with Crippen molar-refractivity contribution in [2.45, 2.75) is 6.61 Å². The molecule has 3 aromatic carbocycles. The number of halogens is 2. The van der Waals surface area contributed by atoms with Crippen LogP contribution in [0.3, 0.4) is 0 Å². The molecule has 1 amide bonds. The zero-order valence-corrected chi connectivity index (χ0v) is 18.0. The third-order valence-corrected chi connectivity index (χ3v) is 4.85. The number of anilines is 1. The predicted molar refractivity (Wildman–Crippen MR) is 120 cm³/mol. The van der Waals surface area contributed by atoms with E-state index in [1.54, 1.807) is 30.3 Å². The number of nitrogens with zero attached hydrogens (tertiary/aromatic N) is 2. The number of nitro groups is 1. The number of non-ortho nitro benzene ring substituents is 1. The van der Waals surface area contributed by atoms with E-state index in [-0.39, 0.29) is 29.4 Å². The number of hydrogen-bond donors (Lipinski definition) is 1. The van der Waals surface area contributed by atoms with Crippen LogP contribution >= 0.6 is 15.9 Å². The fraction of sp³-hybridized carbons (Fsp3) is 0.0435. The molecule has 3 rings (SSSR count). The minimum Gasteiger partial charge on any atom is -0.488 e. The molecule has 160 valence electrons. The van der Waals surface area contributed by atoms with Gasteiger partial charge in [-0.1, -0.05) is 24.3 Å². The Hall–Kier alpha value is -4.03. The molecule has 0 radical (unpaired) electrons. The van der Waals surface area contributed by atoms with Gasteiger partial charge in [0.05, 0.1) is 9.40 Å². The molecular weight excluding hydrogens is 481 g/mol. The number of nitrogens with one attached hydrogen (secondary N) is 1. The van der Waals surface area contributed by atoms with Gasteiger partial charge in [-0.05, 0) is 63.5 Å². The summed E-state index contributed by atoms with van der Waals surface area (Å²) >= 11 is 3.38. The van der Waals surface area contributed by atoms with E-state index in [0.717, 1.165) is 0 Å². The number of nitro benzene ring substituents is 1. The molecule has 0 aromatic heterocycles. The maximum atomic E-state index is 13.3. The average molecular weight is 496 g/mol. The van der Waals surface area contributed by atoms with Crippen LogP contribution < -0.4 is 10.1 Å². The molecule has 0 saturated heterocycles. The number of ether oxygens (including phenoxy) is 1. The number of hydrogen-bond acceptors (Lipinski definition) is 5. The lowest BCUT2D eigenvalue weighted by Gasteiger charge is -2.09. The molecule has 0 aliphatic heterocycles. The number of nitriles is 1. The van der Waals surface area contributed by atoms with Crippen molar-refractivity contribution in [2.75, 3.05) is 5.32 Å². The molecule has 0 bridgehead atoms. The highest BCUT2D eigenvalue weighted by Crippen LogP contribution is 2.28. The van der Waals surface area contributed by atoms with Gasteiger partial charge in [0.15, 0.2) is 0 Å². The van der Waals surface area contributed by atoms with Crippen LogP contribution in [0.2, 0.25) is 0 Å². The third-order valence-electron chi connectivity index (χ3n) is 4.23. The second kappa shape index (κ2) is 10.3. The molecule has 3 aromatic rings. The second-order valence-corrected chi connectivity index (χ2v) is 7.39. The highest BCUT2D eigenvalue weighted by atomic mass is 79.9. The van der Waals surface area contributed by atoms with Gasteiger partial charge >= 0.3 is 0 Å². The van der Waals surface area contributed by atoms with Gasteiger partial charge in [-0.15, -0.1) is 0 Å². The third kappa shape index (κ3) is 6.00. The first-order valence-corrected chi connectivity index (χ1v) is 9.99. The van der Waals surface area contributed by atoms with Crippen LogP contribution in [0.5, 0.6) is 5.75 Å². The van der Waals surface area contributed by atoms with Gasteiger partial charge in [0, 0.05) is 17.8 Å². The predicted octanol–water partition coefficient (Wildman–Crippen LogP) is 5.62. The molecule has 0 atom stereocenters. The Bertz CT molecular complexity index is 1250. The molecule has 0 spiro atoms. The number of carbonyl (C=O) groups excluding carboxylic acids is 1. The maximum Gasteiger partial charge on any atom is 0.271 e. The summed E-state index contributed by atoms with van der Waals surface area (Å²) in [6, 6.07) is 18.3. The highest BCUT2D eigenvalue weighted by Gasteiger charge is 2.13. The second-order valence-electron chi connectivity index (χ2n) is 6.54. The van der Waals surface area contributed by atoms with E-state index in [0.29, 0.717) is 21.3 Å². The maximum absolute atomic E-state index is 13.3. The standard InChI is InChI=1S/C23H15BrFN3O4/c24-21-11-15(7-8-22(21)32-14-16-3-1-4-18(25)10-16)9-17(13-26)23(29)27-19-5-2-6-20(12-19)28(30)31/h1-12H,14H2,(H,27,29)/b17-9+. The van der Waals surface area contributed by atoms with E-state index in [4.69, 9.17) is 4.74 Å². The Morgan fingerprint density at radius 3 is 2.66 bits per heavy atom. The first kappa shape index (κ1) is 22.7. The quantitative estimate of drug-likeness (QED) is 0.198. The molecule has 0 fully saturated rings. The summed E-state index contributed by atoms with van der Waals surface area (Å²) < 4.78 is 19.5. The Morgan fingerprint density at radius 2 is 1.97 bits per heavy atom. The molecule has 7 nitrogen and oxygen atoms in total. The van der Waals surface area contributed by atoms with Gasteiger partial charge in [-0.3, -0.25) is 14.9 Å². The van der Waals surface area contributed by atoms with E-state index >= 15 is 0 Å². The summed E-state index contributed by atoms with van der Waals surface area (Å²) in [5, 5.41) is 22.7. The van der Waals surface area contributed by atoms with Gasteiger partial charge < -0.3 is 10.1 Å². The Labute approximate surface area is 191 Å². The van der Waals surface area contributed by atoms with Crippen LogP contribution in [0.4, 0.5) is 15.8 Å². The zero-order chi connectivity index (χ0) is 23.1. The molecule has 0 aliphatic carbocycles. The lowest BCUT2D eigenvalue weighted by atomic mass is 10.1. The largest absolute Gasteiger partial charge is 0.488 e.